The maximum atomic E-state index is 5.08. The first-order valence-electron chi connectivity index (χ1n) is 4.97. The summed E-state index contributed by atoms with van der Waals surface area (Å²) < 4.78 is 19.6. The fraction of sp³-hybridized carbons (Fsp3) is 1.00. The molecule has 0 fully saturated rings. The summed E-state index contributed by atoms with van der Waals surface area (Å²) in [6.45, 7) is 8.73. The Hall–Kier alpha value is -0.160. The third-order valence-corrected chi connectivity index (χ3v) is 1.33. The summed E-state index contributed by atoms with van der Waals surface area (Å²) in [7, 11) is 3.21. The first kappa shape index (κ1) is 16.3. The van der Waals surface area contributed by atoms with Crippen molar-refractivity contribution in [3.8, 4) is 0 Å². The summed E-state index contributed by atoms with van der Waals surface area (Å²) >= 11 is 0. The molecule has 88 valence electrons. The minimum atomic E-state index is -0.208. The van der Waals surface area contributed by atoms with Crippen LogP contribution in [0.5, 0.6) is 0 Å². The van der Waals surface area contributed by atoms with Gasteiger partial charge in [-0.3, -0.25) is 0 Å². The van der Waals surface area contributed by atoms with E-state index in [-0.39, 0.29) is 6.29 Å². The van der Waals surface area contributed by atoms with E-state index in [0.29, 0.717) is 13.2 Å². The Kier molecular flexibility index (Phi) is 17.8. The summed E-state index contributed by atoms with van der Waals surface area (Å²) in [4.78, 5) is 0. The van der Waals surface area contributed by atoms with E-state index >= 15 is 0 Å². The van der Waals surface area contributed by atoms with E-state index in [4.69, 9.17) is 18.9 Å². The fourth-order valence-electron chi connectivity index (χ4n) is 0.710. The molecule has 0 bridgehead atoms. The molecule has 0 amide bonds. The van der Waals surface area contributed by atoms with Crippen LogP contribution in [0.1, 0.15) is 20.8 Å². The fourth-order valence-corrected chi connectivity index (χ4v) is 0.710. The molecule has 4 heteroatoms. The highest BCUT2D eigenvalue weighted by atomic mass is 16.7. The molecule has 0 heterocycles. The van der Waals surface area contributed by atoms with E-state index in [1.165, 1.54) is 0 Å². The predicted octanol–water partition coefficient (Wildman–Crippen LogP) is 1.68. The van der Waals surface area contributed by atoms with Crippen LogP contribution in [0.4, 0.5) is 0 Å². The largest absolute Gasteiger partial charge is 0.382 e. The quantitative estimate of drug-likeness (QED) is 0.597. The SMILES string of the molecule is CCOC(COC)OC.CCOCC. The molecular weight excluding hydrogens is 184 g/mol. The third-order valence-electron chi connectivity index (χ3n) is 1.33. The van der Waals surface area contributed by atoms with Crippen molar-refractivity contribution in [2.75, 3.05) is 40.6 Å². The molecule has 4 nitrogen and oxygen atoms in total. The third kappa shape index (κ3) is 14.4. The van der Waals surface area contributed by atoms with Gasteiger partial charge in [0.25, 0.3) is 0 Å². The van der Waals surface area contributed by atoms with Crippen LogP contribution >= 0.6 is 0 Å². The standard InChI is InChI=1S/C6H14O3.C4H10O/c1-4-9-6(8-3)5-7-2;1-3-5-4-2/h6H,4-5H2,1-3H3;3-4H2,1-2H3. The molecule has 0 aromatic heterocycles. The Morgan fingerprint density at radius 3 is 1.71 bits per heavy atom. The van der Waals surface area contributed by atoms with Crippen molar-refractivity contribution in [3.05, 3.63) is 0 Å². The Morgan fingerprint density at radius 2 is 1.50 bits per heavy atom. The van der Waals surface area contributed by atoms with E-state index in [0.717, 1.165) is 13.2 Å². The van der Waals surface area contributed by atoms with E-state index in [9.17, 15) is 0 Å². The first-order valence-corrected chi connectivity index (χ1v) is 4.97. The van der Waals surface area contributed by atoms with Crippen molar-refractivity contribution in [2.24, 2.45) is 0 Å². The van der Waals surface area contributed by atoms with E-state index in [2.05, 4.69) is 0 Å². The number of methoxy groups -OCH3 is 2. The van der Waals surface area contributed by atoms with Crippen molar-refractivity contribution in [1.29, 1.82) is 0 Å². The molecule has 0 aromatic rings. The molecule has 0 N–H and O–H groups in total. The number of hydrogen-bond acceptors (Lipinski definition) is 4. The summed E-state index contributed by atoms with van der Waals surface area (Å²) in [6.07, 6.45) is -0.208. The highest BCUT2D eigenvalue weighted by molar-refractivity contribution is 4.36. The van der Waals surface area contributed by atoms with Crippen LogP contribution in [0.15, 0.2) is 0 Å². The molecule has 1 atom stereocenters. The predicted molar refractivity (Wildman–Crippen MR) is 56.5 cm³/mol. The van der Waals surface area contributed by atoms with Gasteiger partial charge in [-0.25, -0.2) is 0 Å². The number of hydrogen-bond donors (Lipinski definition) is 0. The first-order chi connectivity index (χ1) is 6.76. The molecule has 1 unspecified atom stereocenters. The van der Waals surface area contributed by atoms with Gasteiger partial charge in [0.1, 0.15) is 0 Å². The van der Waals surface area contributed by atoms with Crippen LogP contribution in [0.3, 0.4) is 0 Å². The molecule has 14 heavy (non-hydrogen) atoms. The molecular formula is C10H24O4. The summed E-state index contributed by atoms with van der Waals surface area (Å²) in [6, 6.07) is 0. The van der Waals surface area contributed by atoms with Gasteiger partial charge in [-0.15, -0.1) is 0 Å². The summed E-state index contributed by atoms with van der Waals surface area (Å²) in [5.74, 6) is 0. The van der Waals surface area contributed by atoms with Gasteiger partial charge in [0.2, 0.25) is 0 Å². The maximum absolute atomic E-state index is 5.08. The molecule has 0 aromatic carbocycles. The average Bonchev–Trinajstić information content (AvgIpc) is 2.20. The van der Waals surface area contributed by atoms with Gasteiger partial charge < -0.3 is 18.9 Å². The Morgan fingerprint density at radius 1 is 0.929 bits per heavy atom. The van der Waals surface area contributed by atoms with E-state index in [1.807, 2.05) is 20.8 Å². The Balaban J connectivity index is 0. The van der Waals surface area contributed by atoms with Crippen molar-refractivity contribution >= 4 is 0 Å². The van der Waals surface area contributed by atoms with Gasteiger partial charge in [0.05, 0.1) is 6.61 Å². The minimum Gasteiger partial charge on any atom is -0.382 e. The maximum Gasteiger partial charge on any atom is 0.180 e. The van der Waals surface area contributed by atoms with Crippen molar-refractivity contribution < 1.29 is 18.9 Å². The lowest BCUT2D eigenvalue weighted by atomic mass is 10.7. The van der Waals surface area contributed by atoms with Gasteiger partial charge in [-0.2, -0.15) is 0 Å². The van der Waals surface area contributed by atoms with Crippen LogP contribution < -0.4 is 0 Å². The lowest BCUT2D eigenvalue weighted by Gasteiger charge is -2.12. The number of rotatable bonds is 7. The topological polar surface area (TPSA) is 36.9 Å². The second-order valence-electron chi connectivity index (χ2n) is 2.36. The van der Waals surface area contributed by atoms with Gasteiger partial charge in [-0.1, -0.05) is 0 Å². The van der Waals surface area contributed by atoms with Crippen LogP contribution in [0.25, 0.3) is 0 Å². The van der Waals surface area contributed by atoms with Crippen molar-refractivity contribution in [2.45, 2.75) is 27.1 Å². The highest BCUT2D eigenvalue weighted by Crippen LogP contribution is 1.91. The smallest absolute Gasteiger partial charge is 0.180 e. The van der Waals surface area contributed by atoms with Crippen LogP contribution in [-0.2, 0) is 18.9 Å². The van der Waals surface area contributed by atoms with Crippen LogP contribution in [0.2, 0.25) is 0 Å². The monoisotopic (exact) mass is 208 g/mol. The molecule has 0 spiro atoms. The molecule has 0 saturated carbocycles. The molecule has 0 aliphatic rings. The lowest BCUT2D eigenvalue weighted by Crippen LogP contribution is -2.20. The van der Waals surface area contributed by atoms with E-state index < -0.39 is 0 Å². The zero-order valence-corrected chi connectivity index (χ0v) is 10.0. The molecule has 0 aliphatic carbocycles. The average molecular weight is 208 g/mol. The Bertz CT molecular complexity index is 80.2. The Labute approximate surface area is 87.5 Å². The zero-order chi connectivity index (χ0) is 11.2. The van der Waals surface area contributed by atoms with Gasteiger partial charge in [0, 0.05) is 34.0 Å². The van der Waals surface area contributed by atoms with Crippen LogP contribution in [0, 0.1) is 0 Å². The molecule has 0 radical (unpaired) electrons. The van der Waals surface area contributed by atoms with Gasteiger partial charge in [0.15, 0.2) is 6.29 Å². The van der Waals surface area contributed by atoms with Gasteiger partial charge in [-0.05, 0) is 20.8 Å². The molecule has 0 aliphatic heterocycles. The summed E-state index contributed by atoms with van der Waals surface area (Å²) in [5, 5.41) is 0. The van der Waals surface area contributed by atoms with Gasteiger partial charge >= 0.3 is 0 Å². The normalized spacial score (nSPS) is 11.8. The van der Waals surface area contributed by atoms with Crippen LogP contribution in [-0.4, -0.2) is 46.9 Å². The van der Waals surface area contributed by atoms with Crippen molar-refractivity contribution in [3.63, 3.8) is 0 Å². The minimum absolute atomic E-state index is 0.208. The van der Waals surface area contributed by atoms with E-state index in [1.54, 1.807) is 14.2 Å². The number of ether oxygens (including phenoxy) is 4. The highest BCUT2D eigenvalue weighted by Gasteiger charge is 2.02. The molecule has 0 saturated heterocycles. The second kappa shape index (κ2) is 15.3. The van der Waals surface area contributed by atoms with Crippen molar-refractivity contribution in [1.82, 2.24) is 0 Å². The zero-order valence-electron chi connectivity index (χ0n) is 10.0. The lowest BCUT2D eigenvalue weighted by molar-refractivity contribution is -0.148. The summed E-state index contributed by atoms with van der Waals surface area (Å²) in [5.41, 5.74) is 0. The molecule has 0 rings (SSSR count). The second-order valence-corrected chi connectivity index (χ2v) is 2.36.